The Morgan fingerprint density at radius 3 is 2.45 bits per heavy atom. The fraction of sp³-hybridized carbons (Fsp3) is 0.0625. The minimum Gasteiger partial charge on any atom is -0.501 e. The molecule has 1 N–H and O–H groups in total. The molecule has 0 aliphatic rings. The van der Waals surface area contributed by atoms with Gasteiger partial charge in [-0.1, -0.05) is 48.5 Å². The molecule has 0 radical (unpaired) electrons. The van der Waals surface area contributed by atoms with E-state index in [9.17, 15) is 9.18 Å². The van der Waals surface area contributed by atoms with Crippen LogP contribution in [0.4, 0.5) is 10.1 Å². The van der Waals surface area contributed by atoms with Gasteiger partial charge in [-0.2, -0.15) is 4.39 Å². The Bertz CT molecular complexity index is 623. The van der Waals surface area contributed by atoms with Crippen LogP contribution >= 0.6 is 0 Å². The molecular weight excluding hydrogens is 257 g/mol. The number of carbonyl (C=O) groups is 1. The van der Waals surface area contributed by atoms with Crippen molar-refractivity contribution >= 4 is 11.6 Å². The number of methoxy groups -OCH3 is 1. The average molecular weight is 271 g/mol. The van der Waals surface area contributed by atoms with Crippen LogP contribution in [-0.2, 0) is 9.53 Å². The first-order valence-electron chi connectivity index (χ1n) is 6.06. The highest BCUT2D eigenvalue weighted by molar-refractivity contribution is 6.04. The first kappa shape index (κ1) is 13.8. The van der Waals surface area contributed by atoms with Crippen molar-refractivity contribution in [2.24, 2.45) is 0 Å². The number of anilines is 1. The summed E-state index contributed by atoms with van der Waals surface area (Å²) in [7, 11) is 1.28. The monoisotopic (exact) mass is 271 g/mol. The number of rotatable bonds is 4. The van der Waals surface area contributed by atoms with Gasteiger partial charge in [0.2, 0.25) is 5.83 Å². The molecule has 3 nitrogen and oxygen atoms in total. The van der Waals surface area contributed by atoms with Crippen LogP contribution in [0.1, 0.15) is 0 Å². The van der Waals surface area contributed by atoms with E-state index in [-0.39, 0.29) is 0 Å². The van der Waals surface area contributed by atoms with Crippen molar-refractivity contribution in [2.45, 2.75) is 0 Å². The van der Waals surface area contributed by atoms with Gasteiger partial charge in [-0.25, -0.2) is 0 Å². The average Bonchev–Trinajstić information content (AvgIpc) is 2.49. The molecule has 102 valence electrons. The van der Waals surface area contributed by atoms with E-state index in [0.717, 1.165) is 17.4 Å². The Morgan fingerprint density at radius 1 is 1.10 bits per heavy atom. The predicted octanol–water partition coefficient (Wildman–Crippen LogP) is 3.75. The van der Waals surface area contributed by atoms with E-state index in [1.807, 2.05) is 42.5 Å². The zero-order valence-electron chi connectivity index (χ0n) is 11.0. The lowest BCUT2D eigenvalue weighted by Gasteiger charge is -2.10. The maximum absolute atomic E-state index is 13.3. The zero-order chi connectivity index (χ0) is 14.4. The van der Waals surface area contributed by atoms with Gasteiger partial charge in [0, 0.05) is 11.3 Å². The molecule has 0 aliphatic carbocycles. The van der Waals surface area contributed by atoms with Crippen LogP contribution in [0.2, 0.25) is 0 Å². The maximum atomic E-state index is 13.3. The highest BCUT2D eigenvalue weighted by Gasteiger charge is 2.12. The first-order valence-corrected chi connectivity index (χ1v) is 6.06. The predicted molar refractivity (Wildman–Crippen MR) is 76.7 cm³/mol. The van der Waals surface area contributed by atoms with Crippen LogP contribution in [0.3, 0.4) is 0 Å². The number of para-hydroxylation sites is 1. The van der Waals surface area contributed by atoms with Crippen LogP contribution in [0.25, 0.3) is 11.1 Å². The molecular formula is C16H14FNO2. The second-order valence-electron chi connectivity index (χ2n) is 4.07. The molecule has 2 aromatic rings. The number of benzene rings is 2. The van der Waals surface area contributed by atoms with Crippen molar-refractivity contribution < 1.29 is 13.9 Å². The van der Waals surface area contributed by atoms with E-state index in [4.69, 9.17) is 0 Å². The minimum atomic E-state index is -0.977. The molecule has 0 spiro atoms. The second-order valence-corrected chi connectivity index (χ2v) is 4.07. The fourth-order valence-corrected chi connectivity index (χ4v) is 1.80. The van der Waals surface area contributed by atoms with Gasteiger partial charge in [0.05, 0.1) is 7.11 Å². The van der Waals surface area contributed by atoms with E-state index < -0.39 is 11.7 Å². The smallest absolute Gasteiger partial charge is 0.287 e. The summed E-state index contributed by atoms with van der Waals surface area (Å²) in [5.41, 5.74) is 2.31. The summed E-state index contributed by atoms with van der Waals surface area (Å²) in [6, 6.07) is 16.8. The minimum absolute atomic E-state index is 0.545. The van der Waals surface area contributed by atoms with Crippen LogP contribution < -0.4 is 5.32 Å². The molecule has 20 heavy (non-hydrogen) atoms. The topological polar surface area (TPSA) is 38.3 Å². The molecule has 0 fully saturated rings. The Kier molecular flexibility index (Phi) is 4.50. The van der Waals surface area contributed by atoms with Gasteiger partial charge in [-0.3, -0.25) is 4.79 Å². The highest BCUT2D eigenvalue weighted by atomic mass is 19.1. The summed E-state index contributed by atoms with van der Waals surface area (Å²) in [6.07, 6.45) is 0.764. The SMILES string of the molecule is CO/C=C(\F)C(=O)Nc1ccccc1-c1ccccc1. The van der Waals surface area contributed by atoms with Crippen molar-refractivity contribution in [3.8, 4) is 11.1 Å². The molecule has 0 aromatic heterocycles. The van der Waals surface area contributed by atoms with Gasteiger partial charge in [-0.05, 0) is 11.6 Å². The lowest BCUT2D eigenvalue weighted by atomic mass is 10.0. The maximum Gasteiger partial charge on any atom is 0.287 e. The van der Waals surface area contributed by atoms with E-state index in [1.54, 1.807) is 12.1 Å². The number of nitrogens with one attached hydrogen (secondary N) is 1. The molecule has 0 bridgehead atoms. The van der Waals surface area contributed by atoms with Gasteiger partial charge in [0.1, 0.15) is 6.26 Å². The van der Waals surface area contributed by atoms with Crippen molar-refractivity contribution in [3.63, 3.8) is 0 Å². The molecule has 2 aromatic carbocycles. The third-order valence-corrected chi connectivity index (χ3v) is 2.70. The highest BCUT2D eigenvalue weighted by Crippen LogP contribution is 2.27. The molecule has 0 aliphatic heterocycles. The summed E-state index contributed by atoms with van der Waals surface area (Å²) < 4.78 is 17.8. The quantitative estimate of drug-likeness (QED) is 0.679. The standard InChI is InChI=1S/C16H14FNO2/c1-20-11-14(17)16(19)18-15-10-6-5-9-13(15)12-7-3-2-4-8-12/h2-11H,1H3,(H,18,19)/b14-11-. The summed E-state index contributed by atoms with van der Waals surface area (Å²) in [6.45, 7) is 0. The van der Waals surface area contributed by atoms with Gasteiger partial charge >= 0.3 is 0 Å². The van der Waals surface area contributed by atoms with Gasteiger partial charge < -0.3 is 10.1 Å². The van der Waals surface area contributed by atoms with Crippen LogP contribution in [-0.4, -0.2) is 13.0 Å². The third-order valence-electron chi connectivity index (χ3n) is 2.70. The van der Waals surface area contributed by atoms with Crippen molar-refractivity contribution in [1.82, 2.24) is 0 Å². The number of hydrogen-bond acceptors (Lipinski definition) is 2. The number of halogens is 1. The lowest BCUT2D eigenvalue weighted by molar-refractivity contribution is -0.114. The summed E-state index contributed by atoms with van der Waals surface area (Å²) in [4.78, 5) is 11.7. The molecule has 0 heterocycles. The molecule has 0 atom stereocenters. The van der Waals surface area contributed by atoms with Crippen molar-refractivity contribution in [2.75, 3.05) is 12.4 Å². The zero-order valence-corrected chi connectivity index (χ0v) is 11.0. The number of hydrogen-bond donors (Lipinski definition) is 1. The normalized spacial score (nSPS) is 11.0. The van der Waals surface area contributed by atoms with E-state index in [2.05, 4.69) is 10.1 Å². The summed E-state index contributed by atoms with van der Waals surface area (Å²) >= 11 is 0. The molecule has 0 unspecified atom stereocenters. The lowest BCUT2D eigenvalue weighted by Crippen LogP contribution is -2.12. The molecule has 1 amide bonds. The Labute approximate surface area is 116 Å². The Hall–Kier alpha value is -2.62. The largest absolute Gasteiger partial charge is 0.501 e. The first-order chi connectivity index (χ1) is 9.72. The summed E-state index contributed by atoms with van der Waals surface area (Å²) in [5.74, 6) is -1.81. The molecule has 0 saturated carbocycles. The molecule has 2 rings (SSSR count). The fourth-order valence-electron chi connectivity index (χ4n) is 1.80. The van der Waals surface area contributed by atoms with Crippen molar-refractivity contribution in [3.05, 3.63) is 66.7 Å². The van der Waals surface area contributed by atoms with Gasteiger partial charge in [0.15, 0.2) is 0 Å². The number of ether oxygens (including phenoxy) is 1. The van der Waals surface area contributed by atoms with E-state index in [1.165, 1.54) is 7.11 Å². The van der Waals surface area contributed by atoms with Gasteiger partial charge in [-0.15, -0.1) is 0 Å². The molecule has 0 saturated heterocycles. The summed E-state index contributed by atoms with van der Waals surface area (Å²) in [5, 5.41) is 2.53. The van der Waals surface area contributed by atoms with Crippen LogP contribution in [0.15, 0.2) is 66.7 Å². The Balaban J connectivity index is 2.30. The number of amides is 1. The van der Waals surface area contributed by atoms with E-state index in [0.29, 0.717) is 5.69 Å². The molecule has 4 heteroatoms. The van der Waals surface area contributed by atoms with Crippen LogP contribution in [0, 0.1) is 0 Å². The van der Waals surface area contributed by atoms with Crippen molar-refractivity contribution in [1.29, 1.82) is 0 Å². The second kappa shape index (κ2) is 6.52. The van der Waals surface area contributed by atoms with E-state index >= 15 is 0 Å². The van der Waals surface area contributed by atoms with Gasteiger partial charge in [0.25, 0.3) is 5.91 Å². The van der Waals surface area contributed by atoms with Crippen LogP contribution in [0.5, 0.6) is 0 Å². The Morgan fingerprint density at radius 2 is 1.75 bits per heavy atom. The third kappa shape index (κ3) is 3.23. The number of carbonyl (C=O) groups excluding carboxylic acids is 1.